The lowest BCUT2D eigenvalue weighted by Crippen LogP contribution is -2.45. The van der Waals surface area contributed by atoms with E-state index in [9.17, 15) is 4.79 Å². The summed E-state index contributed by atoms with van der Waals surface area (Å²) in [4.78, 5) is 26.6. The van der Waals surface area contributed by atoms with Gasteiger partial charge in [0.25, 0.3) is 0 Å². The first-order chi connectivity index (χ1) is 16.8. The minimum atomic E-state index is 0.106. The van der Waals surface area contributed by atoms with Crippen molar-refractivity contribution >= 4 is 33.8 Å². The fraction of sp³-hybridized carbons (Fsp3) is 0.393. The number of benzene rings is 2. The Hall–Kier alpha value is -3.41. The number of furan rings is 1. The molecular formula is C28H30N4O2. The number of carbonyl (C=O) groups is 1. The molecule has 1 amide bonds. The van der Waals surface area contributed by atoms with E-state index in [1.54, 1.807) is 6.33 Å². The van der Waals surface area contributed by atoms with Crippen LogP contribution in [-0.2, 0) is 11.2 Å². The van der Waals surface area contributed by atoms with Crippen LogP contribution in [0.25, 0.3) is 22.1 Å². The number of nitrogens with zero attached hydrogens (tertiary/aromatic N) is 4. The van der Waals surface area contributed by atoms with Crippen molar-refractivity contribution in [3.8, 4) is 0 Å². The van der Waals surface area contributed by atoms with E-state index in [4.69, 9.17) is 4.42 Å². The number of aromatic nitrogens is 2. The van der Waals surface area contributed by atoms with Crippen molar-refractivity contribution in [2.24, 2.45) is 11.8 Å². The van der Waals surface area contributed by atoms with E-state index in [0.717, 1.165) is 86.2 Å². The highest BCUT2D eigenvalue weighted by Crippen LogP contribution is 2.34. The molecule has 4 heterocycles. The summed E-state index contributed by atoms with van der Waals surface area (Å²) in [5, 5.41) is 1.02. The van der Waals surface area contributed by atoms with Gasteiger partial charge in [0.1, 0.15) is 17.4 Å². The minimum absolute atomic E-state index is 0.106. The summed E-state index contributed by atoms with van der Waals surface area (Å²) >= 11 is 0. The summed E-state index contributed by atoms with van der Waals surface area (Å²) in [7, 11) is 0. The van der Waals surface area contributed by atoms with Crippen LogP contribution in [0.1, 0.15) is 31.2 Å². The number of rotatable bonds is 4. The maximum atomic E-state index is 13.3. The molecule has 174 valence electrons. The summed E-state index contributed by atoms with van der Waals surface area (Å²) in [6, 6.07) is 18.7. The molecule has 0 aliphatic carbocycles. The number of para-hydroxylation sites is 1. The Balaban J connectivity index is 1.07. The highest BCUT2D eigenvalue weighted by atomic mass is 16.3. The van der Waals surface area contributed by atoms with Crippen LogP contribution in [0.2, 0.25) is 0 Å². The van der Waals surface area contributed by atoms with E-state index in [1.165, 1.54) is 5.56 Å². The lowest BCUT2D eigenvalue weighted by molar-refractivity contribution is -0.137. The van der Waals surface area contributed by atoms with Gasteiger partial charge in [0.15, 0.2) is 11.4 Å². The molecule has 6 heteroatoms. The molecule has 0 N–H and O–H groups in total. The van der Waals surface area contributed by atoms with Crippen LogP contribution >= 0.6 is 0 Å². The highest BCUT2D eigenvalue weighted by Gasteiger charge is 2.32. The first-order valence-electron chi connectivity index (χ1n) is 12.5. The maximum Gasteiger partial charge on any atom is 0.225 e. The summed E-state index contributed by atoms with van der Waals surface area (Å²) < 4.78 is 6.12. The molecule has 0 bridgehead atoms. The van der Waals surface area contributed by atoms with Crippen LogP contribution in [0.3, 0.4) is 0 Å². The molecule has 6 nitrogen and oxygen atoms in total. The van der Waals surface area contributed by atoms with Crippen molar-refractivity contribution in [1.29, 1.82) is 0 Å². The van der Waals surface area contributed by atoms with E-state index in [-0.39, 0.29) is 5.92 Å². The second kappa shape index (κ2) is 9.09. The smallest absolute Gasteiger partial charge is 0.225 e. The molecule has 2 aliphatic heterocycles. The quantitative estimate of drug-likeness (QED) is 0.431. The van der Waals surface area contributed by atoms with E-state index >= 15 is 0 Å². The third-order valence-corrected chi connectivity index (χ3v) is 7.58. The molecule has 0 atom stereocenters. The van der Waals surface area contributed by atoms with Gasteiger partial charge in [0.2, 0.25) is 5.91 Å². The van der Waals surface area contributed by atoms with Crippen LogP contribution < -0.4 is 4.90 Å². The number of hydrogen-bond acceptors (Lipinski definition) is 5. The molecule has 0 unspecified atom stereocenters. The van der Waals surface area contributed by atoms with Gasteiger partial charge >= 0.3 is 0 Å². The Morgan fingerprint density at radius 3 is 2.41 bits per heavy atom. The zero-order valence-electron chi connectivity index (χ0n) is 19.4. The molecule has 4 aromatic rings. The molecule has 0 spiro atoms. The average molecular weight is 455 g/mol. The number of likely N-dealkylation sites (tertiary alicyclic amines) is 1. The topological polar surface area (TPSA) is 62.5 Å². The van der Waals surface area contributed by atoms with Gasteiger partial charge < -0.3 is 14.2 Å². The Morgan fingerprint density at radius 1 is 0.882 bits per heavy atom. The van der Waals surface area contributed by atoms with E-state index in [2.05, 4.69) is 50.1 Å². The van der Waals surface area contributed by atoms with E-state index in [1.807, 2.05) is 24.3 Å². The van der Waals surface area contributed by atoms with Gasteiger partial charge in [-0.2, -0.15) is 0 Å². The van der Waals surface area contributed by atoms with Gasteiger partial charge in [-0.05, 0) is 55.7 Å². The van der Waals surface area contributed by atoms with Crippen LogP contribution in [0.5, 0.6) is 0 Å². The van der Waals surface area contributed by atoms with E-state index in [0.29, 0.717) is 11.8 Å². The van der Waals surface area contributed by atoms with Gasteiger partial charge in [-0.3, -0.25) is 4.79 Å². The molecule has 6 rings (SSSR count). The van der Waals surface area contributed by atoms with Crippen LogP contribution in [-0.4, -0.2) is 47.0 Å². The van der Waals surface area contributed by atoms with Gasteiger partial charge in [-0.15, -0.1) is 0 Å². The molecule has 34 heavy (non-hydrogen) atoms. The fourth-order valence-corrected chi connectivity index (χ4v) is 5.64. The third kappa shape index (κ3) is 4.02. The Bertz CT molecular complexity index is 1290. The largest absolute Gasteiger partial charge is 0.450 e. The van der Waals surface area contributed by atoms with Crippen molar-refractivity contribution in [3.63, 3.8) is 0 Å². The predicted octanol–water partition coefficient (Wildman–Crippen LogP) is 5.07. The molecule has 2 aromatic heterocycles. The summed E-state index contributed by atoms with van der Waals surface area (Å²) in [5.74, 6) is 1.97. The van der Waals surface area contributed by atoms with Crippen molar-refractivity contribution < 1.29 is 9.21 Å². The number of anilines is 1. The zero-order chi connectivity index (χ0) is 22.9. The summed E-state index contributed by atoms with van der Waals surface area (Å²) in [6.07, 6.45) is 6.66. The highest BCUT2D eigenvalue weighted by molar-refractivity contribution is 6.05. The third-order valence-electron chi connectivity index (χ3n) is 7.58. The number of fused-ring (bicyclic) bond motifs is 3. The normalized spacial score (nSPS) is 18.1. The Kier molecular flexibility index (Phi) is 5.65. The fourth-order valence-electron chi connectivity index (χ4n) is 5.64. The first kappa shape index (κ1) is 21.1. The number of hydrogen-bond donors (Lipinski definition) is 0. The zero-order valence-corrected chi connectivity index (χ0v) is 19.4. The van der Waals surface area contributed by atoms with Gasteiger partial charge in [-0.1, -0.05) is 42.5 Å². The lowest BCUT2D eigenvalue weighted by atomic mass is 9.88. The standard InChI is InChI=1S/C28H30N4O2/c33-28(32-14-10-21(11-15-32)18-20-6-2-1-3-7-20)22-12-16-31(17-13-22)27-26-25(29-19-30-27)23-8-4-5-9-24(23)34-26/h1-9,19,21-22H,10-18H2. The van der Waals surface area contributed by atoms with Crippen molar-refractivity contribution in [1.82, 2.24) is 14.9 Å². The first-order valence-corrected chi connectivity index (χ1v) is 12.5. The lowest BCUT2D eigenvalue weighted by Gasteiger charge is -2.37. The molecule has 0 saturated carbocycles. The molecule has 0 radical (unpaired) electrons. The predicted molar refractivity (Wildman–Crippen MR) is 134 cm³/mol. The Labute approximate surface area is 199 Å². The van der Waals surface area contributed by atoms with E-state index < -0.39 is 0 Å². The SMILES string of the molecule is O=C(C1CCN(c2ncnc3c2oc2ccccc23)CC1)N1CCC(Cc2ccccc2)CC1. The second-order valence-corrected chi connectivity index (χ2v) is 9.69. The maximum absolute atomic E-state index is 13.3. The van der Waals surface area contributed by atoms with Crippen molar-refractivity contribution in [3.05, 3.63) is 66.5 Å². The molecule has 2 saturated heterocycles. The van der Waals surface area contributed by atoms with Gasteiger partial charge in [-0.25, -0.2) is 9.97 Å². The molecular weight excluding hydrogens is 424 g/mol. The van der Waals surface area contributed by atoms with Crippen LogP contribution in [0, 0.1) is 11.8 Å². The molecule has 2 fully saturated rings. The van der Waals surface area contributed by atoms with Gasteiger partial charge in [0.05, 0.1) is 0 Å². The second-order valence-electron chi connectivity index (χ2n) is 9.69. The number of piperidine rings is 2. The average Bonchev–Trinajstić information content (AvgIpc) is 3.28. The Morgan fingerprint density at radius 2 is 1.62 bits per heavy atom. The number of carbonyl (C=O) groups excluding carboxylic acids is 1. The van der Waals surface area contributed by atoms with Crippen LogP contribution in [0.15, 0.2) is 65.3 Å². The molecule has 2 aliphatic rings. The van der Waals surface area contributed by atoms with Crippen molar-refractivity contribution in [2.45, 2.75) is 32.1 Å². The summed E-state index contributed by atoms with van der Waals surface area (Å²) in [6.45, 7) is 3.40. The molecule has 2 aromatic carbocycles. The van der Waals surface area contributed by atoms with Crippen molar-refractivity contribution in [2.75, 3.05) is 31.1 Å². The van der Waals surface area contributed by atoms with Gasteiger partial charge in [0, 0.05) is 37.5 Å². The summed E-state index contributed by atoms with van der Waals surface area (Å²) in [5.41, 5.74) is 3.84. The monoisotopic (exact) mass is 454 g/mol. The van der Waals surface area contributed by atoms with Crippen LogP contribution in [0.4, 0.5) is 5.82 Å². The number of amides is 1. The minimum Gasteiger partial charge on any atom is -0.450 e.